The number of aliphatic hydroxyl groups is 2. The molecule has 4 aromatic rings. The van der Waals surface area contributed by atoms with Gasteiger partial charge in [0, 0.05) is 67.1 Å². The molecule has 0 bridgehead atoms. The van der Waals surface area contributed by atoms with Gasteiger partial charge in [-0.3, -0.25) is 29.0 Å². The zero-order valence-electron chi connectivity index (χ0n) is 43.0. The molecule has 0 radical (unpaired) electrons. The van der Waals surface area contributed by atoms with Crippen LogP contribution in [0.25, 0.3) is 10.4 Å². The quantitative estimate of drug-likeness (QED) is 0.0770. The van der Waals surface area contributed by atoms with E-state index in [4.69, 9.17) is 16.3 Å². The number of piperazine rings is 1. The number of hydrogen-bond donors (Lipinski definition) is 5. The van der Waals surface area contributed by atoms with E-state index in [1.807, 2.05) is 93.6 Å². The number of thiazole rings is 1. The standard InChI is InChI=1S/C55H71ClN8O7S/c1-33(36-16-18-37(19-17-36)46-34(2)58-32-72-46)59-49(69)44-25-41(66)29-64(44)50(70)47(53(3,4)5)60-45(67)30-62-23-24-63(40(28-62)31-65)22-10-11-35-12-14-38(15-13-35)48(68)61-51-54(6,7)52(55(51,8)9)71-42-21-20-39(27-57)43(56)26-42/h12-21,26,32-33,40-41,44,47,51-52,65-66H,10-11,22-25,28-31H2,1-9H3,(H,59,69)(H,60,67)(H,61,68)/t33-,40+,41+,44-,47+,51-,52-/m0/s1. The number of nitriles is 1. The topological polar surface area (TPSA) is 200 Å². The minimum atomic E-state index is -0.957. The first kappa shape index (κ1) is 54.4. The van der Waals surface area contributed by atoms with Crippen LogP contribution in [-0.2, 0) is 20.8 Å². The zero-order valence-corrected chi connectivity index (χ0v) is 44.6. The minimum absolute atomic E-state index is 0.0187. The highest BCUT2D eigenvalue weighted by atomic mass is 35.5. The number of benzene rings is 3. The second-order valence-electron chi connectivity index (χ2n) is 22.1. The third-order valence-corrected chi connectivity index (χ3v) is 16.2. The van der Waals surface area contributed by atoms with E-state index in [0.717, 1.165) is 46.6 Å². The summed E-state index contributed by atoms with van der Waals surface area (Å²) < 4.78 is 6.38. The Hall–Kier alpha value is -5.41. The maximum atomic E-state index is 14.3. The van der Waals surface area contributed by atoms with Crippen LogP contribution >= 0.6 is 22.9 Å². The molecule has 1 aliphatic carbocycles. The van der Waals surface area contributed by atoms with Gasteiger partial charge in [-0.05, 0) is 79.6 Å². The lowest BCUT2D eigenvalue weighted by Crippen LogP contribution is -2.74. The van der Waals surface area contributed by atoms with Gasteiger partial charge in [0.1, 0.15) is 30.0 Å². The summed E-state index contributed by atoms with van der Waals surface area (Å²) in [5.74, 6) is -0.699. The van der Waals surface area contributed by atoms with Crippen molar-refractivity contribution in [2.45, 2.75) is 124 Å². The number of likely N-dealkylation sites (tertiary alicyclic amines) is 1. The highest BCUT2D eigenvalue weighted by Gasteiger charge is 2.64. The maximum Gasteiger partial charge on any atom is 0.251 e. The van der Waals surface area contributed by atoms with Gasteiger partial charge >= 0.3 is 0 Å². The van der Waals surface area contributed by atoms with Gasteiger partial charge in [-0.2, -0.15) is 5.26 Å². The maximum absolute atomic E-state index is 14.3. The second-order valence-corrected chi connectivity index (χ2v) is 23.4. The molecular formula is C55H71ClN8O7S. The minimum Gasteiger partial charge on any atom is -0.489 e. The molecule has 4 amide bonds. The van der Waals surface area contributed by atoms with Crippen molar-refractivity contribution in [2.75, 3.05) is 45.9 Å². The predicted molar refractivity (Wildman–Crippen MR) is 279 cm³/mol. The van der Waals surface area contributed by atoms with Crippen LogP contribution in [-0.4, -0.2) is 136 Å². The van der Waals surface area contributed by atoms with Gasteiger partial charge in [0.25, 0.3) is 5.91 Å². The number of nitrogens with zero attached hydrogens (tertiary/aromatic N) is 5. The van der Waals surface area contributed by atoms with Crippen molar-refractivity contribution < 1.29 is 34.1 Å². The number of β-amino-alcohol motifs (C(OH)–C–C–N with tert-alkyl or cyclic N) is 1. The number of aromatic nitrogens is 1. The first-order chi connectivity index (χ1) is 34.0. The fourth-order valence-corrected chi connectivity index (χ4v) is 12.1. The molecule has 5 atom stereocenters. The van der Waals surface area contributed by atoms with Crippen LogP contribution < -0.4 is 20.7 Å². The Kier molecular flexibility index (Phi) is 16.9. The number of aryl methyl sites for hydroxylation is 2. The van der Waals surface area contributed by atoms with Crippen LogP contribution in [0.1, 0.15) is 107 Å². The van der Waals surface area contributed by atoms with E-state index in [1.165, 1.54) is 4.90 Å². The van der Waals surface area contributed by atoms with Gasteiger partial charge < -0.3 is 35.8 Å². The average Bonchev–Trinajstić information content (AvgIpc) is 3.96. The largest absolute Gasteiger partial charge is 0.489 e. The smallest absolute Gasteiger partial charge is 0.251 e. The molecule has 3 aromatic carbocycles. The lowest BCUT2D eigenvalue weighted by molar-refractivity contribution is -0.164. The molecule has 0 unspecified atom stereocenters. The molecule has 0 spiro atoms. The molecule has 1 saturated carbocycles. The summed E-state index contributed by atoms with van der Waals surface area (Å²) in [5, 5.41) is 40.1. The van der Waals surface area contributed by atoms with Crippen LogP contribution in [0, 0.1) is 34.5 Å². The number of aliphatic hydroxyl groups excluding tert-OH is 2. The van der Waals surface area contributed by atoms with Crippen molar-refractivity contribution >= 4 is 46.6 Å². The lowest BCUT2D eigenvalue weighted by atomic mass is 9.49. The van der Waals surface area contributed by atoms with Crippen LogP contribution in [0.2, 0.25) is 5.02 Å². The molecule has 3 heterocycles. The summed E-state index contributed by atoms with van der Waals surface area (Å²) in [6.45, 7) is 20.1. The average molecular weight is 1020 g/mol. The fraction of sp³-hybridized carbons (Fsp3) is 0.527. The number of carbonyl (C=O) groups excluding carboxylic acids is 4. The summed E-state index contributed by atoms with van der Waals surface area (Å²) >= 11 is 7.84. The summed E-state index contributed by atoms with van der Waals surface area (Å²) in [6.07, 6.45) is 0.608. The van der Waals surface area contributed by atoms with Gasteiger partial charge in [-0.15, -0.1) is 11.3 Å². The number of hydrogen-bond acceptors (Lipinski definition) is 12. The Balaban J connectivity index is 0.862. The molecule has 15 nitrogen and oxygen atoms in total. The summed E-state index contributed by atoms with van der Waals surface area (Å²) in [7, 11) is 0. The first-order valence-corrected chi connectivity index (χ1v) is 26.2. The highest BCUT2D eigenvalue weighted by molar-refractivity contribution is 7.13. The van der Waals surface area contributed by atoms with Gasteiger partial charge in [0.05, 0.1) is 52.0 Å². The highest BCUT2D eigenvalue weighted by Crippen LogP contribution is 2.55. The van der Waals surface area contributed by atoms with Gasteiger partial charge in [-0.25, -0.2) is 4.98 Å². The molecule has 1 aromatic heterocycles. The van der Waals surface area contributed by atoms with Gasteiger partial charge in [0.15, 0.2) is 0 Å². The van der Waals surface area contributed by atoms with Crippen molar-refractivity contribution in [1.82, 2.24) is 35.6 Å². The number of carbonyl (C=O) groups is 4. The van der Waals surface area contributed by atoms with E-state index >= 15 is 0 Å². The van der Waals surface area contributed by atoms with Crippen molar-refractivity contribution in [3.63, 3.8) is 0 Å². The molecule has 2 saturated heterocycles. The normalized spacial score (nSPS) is 22.8. The Morgan fingerprint density at radius 3 is 2.29 bits per heavy atom. The Labute approximate surface area is 433 Å². The predicted octanol–water partition coefficient (Wildman–Crippen LogP) is 6.54. The van der Waals surface area contributed by atoms with E-state index in [2.05, 4.69) is 59.6 Å². The number of rotatable bonds is 17. The molecular weight excluding hydrogens is 952 g/mol. The van der Waals surface area contributed by atoms with Crippen LogP contribution in [0.4, 0.5) is 0 Å². The third kappa shape index (κ3) is 12.2. The summed E-state index contributed by atoms with van der Waals surface area (Å²) in [4.78, 5) is 66.4. The molecule has 2 aliphatic heterocycles. The van der Waals surface area contributed by atoms with E-state index in [-0.39, 0.29) is 78.9 Å². The van der Waals surface area contributed by atoms with Crippen molar-refractivity contribution in [3.8, 4) is 22.3 Å². The fourth-order valence-electron chi connectivity index (χ4n) is 11.1. The van der Waals surface area contributed by atoms with E-state index < -0.39 is 29.5 Å². The van der Waals surface area contributed by atoms with Gasteiger partial charge in [-0.1, -0.05) is 96.5 Å². The first-order valence-electron chi connectivity index (χ1n) is 24.9. The Morgan fingerprint density at radius 1 is 0.986 bits per heavy atom. The van der Waals surface area contributed by atoms with Crippen LogP contribution in [0.15, 0.2) is 72.2 Å². The second kappa shape index (κ2) is 22.4. The lowest BCUT2D eigenvalue weighted by Gasteiger charge is -2.63. The zero-order chi connectivity index (χ0) is 52.3. The number of nitrogens with one attached hydrogen (secondary N) is 3. The van der Waals surface area contributed by atoms with Gasteiger partial charge in [0.2, 0.25) is 17.7 Å². The molecule has 3 aliphatic rings. The summed E-state index contributed by atoms with van der Waals surface area (Å²) in [5.41, 5.74) is 5.29. The molecule has 7 rings (SSSR count). The number of amides is 4. The number of halogens is 1. The Bertz CT molecular complexity index is 2610. The van der Waals surface area contributed by atoms with E-state index in [9.17, 15) is 34.7 Å². The summed E-state index contributed by atoms with van der Waals surface area (Å²) in [6, 6.07) is 20.2. The number of ether oxygens (including phenoxy) is 1. The van der Waals surface area contributed by atoms with E-state index in [0.29, 0.717) is 41.5 Å². The molecule has 3 fully saturated rings. The van der Waals surface area contributed by atoms with Crippen molar-refractivity contribution in [1.29, 1.82) is 5.26 Å². The van der Waals surface area contributed by atoms with Crippen LogP contribution in [0.3, 0.4) is 0 Å². The van der Waals surface area contributed by atoms with Crippen molar-refractivity contribution in [2.24, 2.45) is 16.2 Å². The van der Waals surface area contributed by atoms with Crippen molar-refractivity contribution in [3.05, 3.63) is 105 Å². The SMILES string of the molecule is Cc1ncsc1-c1ccc([C@H](C)NC(=O)[C@@H]2C[C@@H](O)CN2C(=O)[C@@H](NC(=O)CN2CCN(CCCc3ccc(C(=O)N[C@H]4C(C)(C)[C@H](Oc5ccc(C#N)c(Cl)c5)C4(C)C)cc3)[C@@H](CO)C2)C(C)(C)C)cc1. The molecule has 5 N–H and O–H groups in total. The molecule has 72 heavy (non-hydrogen) atoms. The van der Waals surface area contributed by atoms with E-state index in [1.54, 1.807) is 29.5 Å². The third-order valence-electron chi connectivity index (χ3n) is 14.9. The Morgan fingerprint density at radius 2 is 1.68 bits per heavy atom. The molecule has 386 valence electrons. The van der Waals surface area contributed by atoms with Crippen LogP contribution in [0.5, 0.6) is 5.75 Å². The molecule has 17 heteroatoms. The monoisotopic (exact) mass is 1020 g/mol.